The van der Waals surface area contributed by atoms with Gasteiger partial charge >= 0.3 is 12.0 Å². The Morgan fingerprint density at radius 1 is 1.33 bits per heavy atom. The molecule has 0 aromatic carbocycles. The molecule has 0 aromatic rings. The molecule has 0 bridgehead atoms. The van der Waals surface area contributed by atoms with Crippen LogP contribution in [-0.2, 0) is 14.6 Å². The molecule has 0 radical (unpaired) electrons. The zero-order valence-corrected chi connectivity index (χ0v) is 13.4. The van der Waals surface area contributed by atoms with E-state index in [2.05, 4.69) is 5.32 Å². The zero-order valence-electron chi connectivity index (χ0n) is 12.6. The lowest BCUT2D eigenvalue weighted by Crippen LogP contribution is -2.56. The van der Waals surface area contributed by atoms with Crippen LogP contribution in [-0.4, -0.2) is 60.6 Å². The molecule has 7 nitrogen and oxygen atoms in total. The zero-order chi connectivity index (χ0) is 16.1. The fourth-order valence-corrected chi connectivity index (χ4v) is 3.43. The highest BCUT2D eigenvalue weighted by Gasteiger charge is 2.49. The van der Waals surface area contributed by atoms with Gasteiger partial charge in [0.1, 0.15) is 5.54 Å². The minimum atomic E-state index is -3.14. The number of rotatable bonds is 7. The van der Waals surface area contributed by atoms with E-state index in [-0.39, 0.29) is 18.1 Å². The number of sulfone groups is 1. The Balaban J connectivity index is 2.70. The van der Waals surface area contributed by atoms with Crippen LogP contribution in [0.5, 0.6) is 0 Å². The summed E-state index contributed by atoms with van der Waals surface area (Å²) in [5.41, 5.74) is -1.15. The third-order valence-corrected chi connectivity index (χ3v) is 5.63. The number of hydrogen-bond donors (Lipinski definition) is 2. The van der Waals surface area contributed by atoms with E-state index in [0.717, 1.165) is 0 Å². The summed E-state index contributed by atoms with van der Waals surface area (Å²) < 4.78 is 22.8. The van der Waals surface area contributed by atoms with Crippen LogP contribution >= 0.6 is 0 Å². The third-order valence-electron chi connectivity index (χ3n) is 3.92. The Kier molecular flexibility index (Phi) is 6.00. The van der Waals surface area contributed by atoms with Crippen molar-refractivity contribution < 1.29 is 23.1 Å². The molecule has 1 heterocycles. The maximum Gasteiger partial charge on any atom is 0.329 e. The second kappa shape index (κ2) is 7.11. The average molecular weight is 320 g/mol. The van der Waals surface area contributed by atoms with E-state index in [1.54, 1.807) is 6.92 Å². The smallest absolute Gasteiger partial charge is 0.329 e. The standard InChI is InChI=1S/C13H24N2O5S/c1-3-6-13(11(16)17)7-5-9-15(13)12(18)14-8-10-21(19,20)4-2/h3-10H2,1-2H3,(H,14,18)(H,16,17). The molecule has 1 aliphatic heterocycles. The summed E-state index contributed by atoms with van der Waals surface area (Å²) in [4.78, 5) is 25.1. The van der Waals surface area contributed by atoms with E-state index >= 15 is 0 Å². The molecule has 1 rings (SSSR count). The summed E-state index contributed by atoms with van der Waals surface area (Å²) in [6.45, 7) is 3.83. The number of nitrogens with zero attached hydrogens (tertiary/aromatic N) is 1. The van der Waals surface area contributed by atoms with Crippen LogP contribution in [0.4, 0.5) is 4.79 Å². The van der Waals surface area contributed by atoms with Gasteiger partial charge in [-0.1, -0.05) is 20.3 Å². The number of amides is 2. The number of carboxylic acid groups (broad SMARTS) is 1. The predicted octanol–water partition coefficient (Wildman–Crippen LogP) is 0.850. The lowest BCUT2D eigenvalue weighted by molar-refractivity contribution is -0.148. The van der Waals surface area contributed by atoms with Gasteiger partial charge in [-0.2, -0.15) is 0 Å². The minimum Gasteiger partial charge on any atom is -0.479 e. The first-order valence-electron chi connectivity index (χ1n) is 7.28. The van der Waals surface area contributed by atoms with E-state index in [4.69, 9.17) is 0 Å². The monoisotopic (exact) mass is 320 g/mol. The van der Waals surface area contributed by atoms with Gasteiger partial charge < -0.3 is 15.3 Å². The lowest BCUT2D eigenvalue weighted by atomic mass is 9.91. The van der Waals surface area contributed by atoms with Gasteiger partial charge in [-0.3, -0.25) is 0 Å². The van der Waals surface area contributed by atoms with Crippen molar-refractivity contribution in [3.63, 3.8) is 0 Å². The number of carbonyl (C=O) groups is 2. The van der Waals surface area contributed by atoms with Crippen molar-refractivity contribution in [2.75, 3.05) is 24.6 Å². The van der Waals surface area contributed by atoms with Gasteiger partial charge in [-0.15, -0.1) is 0 Å². The van der Waals surface area contributed by atoms with Gasteiger partial charge in [0.25, 0.3) is 0 Å². The van der Waals surface area contributed by atoms with Crippen LogP contribution in [0.2, 0.25) is 0 Å². The number of urea groups is 1. The molecule has 1 saturated heterocycles. The largest absolute Gasteiger partial charge is 0.479 e. The molecule has 1 aliphatic rings. The molecule has 1 unspecified atom stereocenters. The third kappa shape index (κ3) is 4.09. The van der Waals surface area contributed by atoms with Crippen LogP contribution in [0.3, 0.4) is 0 Å². The van der Waals surface area contributed by atoms with Crippen molar-refractivity contribution >= 4 is 21.8 Å². The molecule has 21 heavy (non-hydrogen) atoms. The van der Waals surface area contributed by atoms with Gasteiger partial charge in [-0.05, 0) is 19.3 Å². The number of carboxylic acids is 1. The number of likely N-dealkylation sites (tertiary alicyclic amines) is 1. The first kappa shape index (κ1) is 17.7. The summed E-state index contributed by atoms with van der Waals surface area (Å²) in [7, 11) is -3.14. The Hall–Kier alpha value is -1.31. The van der Waals surface area contributed by atoms with Crippen molar-refractivity contribution in [2.45, 2.75) is 45.1 Å². The molecule has 0 spiro atoms. The fraction of sp³-hybridized carbons (Fsp3) is 0.846. The summed E-state index contributed by atoms with van der Waals surface area (Å²) in [5, 5.41) is 12.0. The Labute approximate surface area is 125 Å². The van der Waals surface area contributed by atoms with Crippen molar-refractivity contribution in [1.29, 1.82) is 0 Å². The molecule has 1 fully saturated rings. The molecule has 1 atom stereocenters. The summed E-state index contributed by atoms with van der Waals surface area (Å²) >= 11 is 0. The Morgan fingerprint density at radius 3 is 2.52 bits per heavy atom. The van der Waals surface area contributed by atoms with Crippen LogP contribution in [0, 0.1) is 0 Å². The summed E-state index contributed by atoms with van der Waals surface area (Å²) in [6, 6.07) is -0.491. The van der Waals surface area contributed by atoms with E-state index < -0.39 is 27.4 Å². The highest BCUT2D eigenvalue weighted by Crippen LogP contribution is 2.33. The fourth-order valence-electron chi connectivity index (χ4n) is 2.73. The van der Waals surface area contributed by atoms with E-state index in [0.29, 0.717) is 32.2 Å². The molecule has 0 saturated carbocycles. The molecular weight excluding hydrogens is 296 g/mol. The first-order valence-corrected chi connectivity index (χ1v) is 9.10. The average Bonchev–Trinajstić information content (AvgIpc) is 2.84. The molecule has 122 valence electrons. The van der Waals surface area contributed by atoms with Crippen LogP contribution in [0.15, 0.2) is 0 Å². The van der Waals surface area contributed by atoms with E-state index in [1.807, 2.05) is 6.92 Å². The number of nitrogens with one attached hydrogen (secondary N) is 1. The first-order chi connectivity index (χ1) is 9.79. The maximum atomic E-state index is 12.2. The normalized spacial score (nSPS) is 22.3. The number of carbonyl (C=O) groups excluding carboxylic acids is 1. The predicted molar refractivity (Wildman–Crippen MR) is 78.9 cm³/mol. The quantitative estimate of drug-likeness (QED) is 0.724. The second-order valence-corrected chi connectivity index (χ2v) is 7.78. The van der Waals surface area contributed by atoms with Crippen LogP contribution in [0.25, 0.3) is 0 Å². The molecule has 8 heteroatoms. The highest BCUT2D eigenvalue weighted by molar-refractivity contribution is 7.91. The molecule has 2 amide bonds. The van der Waals surface area contributed by atoms with E-state index in [1.165, 1.54) is 4.90 Å². The van der Waals surface area contributed by atoms with Crippen LogP contribution < -0.4 is 5.32 Å². The number of aliphatic carboxylic acids is 1. The lowest BCUT2D eigenvalue weighted by Gasteiger charge is -2.34. The van der Waals surface area contributed by atoms with Gasteiger partial charge in [0, 0.05) is 18.8 Å². The van der Waals surface area contributed by atoms with Crippen molar-refractivity contribution in [3.05, 3.63) is 0 Å². The van der Waals surface area contributed by atoms with Gasteiger partial charge in [-0.25, -0.2) is 18.0 Å². The van der Waals surface area contributed by atoms with E-state index in [9.17, 15) is 23.1 Å². The minimum absolute atomic E-state index is 0.00727. The van der Waals surface area contributed by atoms with Crippen LogP contribution in [0.1, 0.15) is 39.5 Å². The van der Waals surface area contributed by atoms with Crippen molar-refractivity contribution in [2.24, 2.45) is 0 Å². The molecule has 0 aromatic heterocycles. The Bertz CT molecular complexity index is 491. The van der Waals surface area contributed by atoms with Crippen molar-refractivity contribution in [3.8, 4) is 0 Å². The topological polar surface area (TPSA) is 104 Å². The second-order valence-electron chi connectivity index (χ2n) is 5.31. The molecule has 2 N–H and O–H groups in total. The molecule has 0 aliphatic carbocycles. The summed E-state index contributed by atoms with van der Waals surface area (Å²) in [5.74, 6) is -1.09. The summed E-state index contributed by atoms with van der Waals surface area (Å²) in [6.07, 6.45) is 2.16. The number of hydrogen-bond acceptors (Lipinski definition) is 4. The van der Waals surface area contributed by atoms with Gasteiger partial charge in [0.2, 0.25) is 0 Å². The van der Waals surface area contributed by atoms with Gasteiger partial charge in [0.15, 0.2) is 9.84 Å². The Morgan fingerprint density at radius 2 is 2.00 bits per heavy atom. The highest BCUT2D eigenvalue weighted by atomic mass is 32.2. The SMILES string of the molecule is CCCC1(C(=O)O)CCCN1C(=O)NCCS(=O)(=O)CC. The molecular formula is C13H24N2O5S. The van der Waals surface area contributed by atoms with Gasteiger partial charge in [0.05, 0.1) is 5.75 Å². The van der Waals surface area contributed by atoms with Crippen molar-refractivity contribution in [1.82, 2.24) is 10.2 Å². The maximum absolute atomic E-state index is 12.2.